The number of hydrogen-bond donors (Lipinski definition) is 1. The van der Waals surface area contributed by atoms with Crippen LogP contribution in [0.25, 0.3) is 0 Å². The van der Waals surface area contributed by atoms with Crippen LogP contribution in [0.1, 0.15) is 117 Å². The minimum absolute atomic E-state index is 0. The molecule has 0 aliphatic carbocycles. The van der Waals surface area contributed by atoms with Crippen LogP contribution in [0.3, 0.4) is 0 Å². The molecule has 0 heterocycles. The van der Waals surface area contributed by atoms with E-state index in [-0.39, 0.29) is 73.7 Å². The van der Waals surface area contributed by atoms with E-state index >= 15 is 0 Å². The van der Waals surface area contributed by atoms with Crippen LogP contribution in [0.4, 0.5) is 0 Å². The van der Waals surface area contributed by atoms with Gasteiger partial charge in [0.1, 0.15) is 0 Å². The van der Waals surface area contributed by atoms with Crippen LogP contribution in [0, 0.1) is 0 Å². The molecule has 0 aliphatic heterocycles. The van der Waals surface area contributed by atoms with Gasteiger partial charge in [-0.25, -0.2) is 0 Å². The minimum atomic E-state index is -0.972. The van der Waals surface area contributed by atoms with Crippen LogP contribution in [0.15, 0.2) is 0 Å². The van der Waals surface area contributed by atoms with Crippen molar-refractivity contribution in [2.24, 2.45) is 0 Å². The molecule has 0 aromatic rings. The van der Waals surface area contributed by atoms with E-state index in [4.69, 9.17) is 5.11 Å². The molecule has 0 rings (SSSR count). The molecule has 1 atom stereocenters. The summed E-state index contributed by atoms with van der Waals surface area (Å²) in [6.07, 6.45) is 18.9. The Morgan fingerprint density at radius 2 is 1.04 bits per heavy atom. The molecule has 1 unspecified atom stereocenters. The molecule has 0 bridgehead atoms. The van der Waals surface area contributed by atoms with Crippen LogP contribution in [0.2, 0.25) is 0 Å². The number of carbonyl (C=O) groups is 2. The summed E-state index contributed by atoms with van der Waals surface area (Å²) in [6, 6.07) is 0. The summed E-state index contributed by atoms with van der Waals surface area (Å²) in [5.74, 6) is -0.903. The second-order valence-corrected chi connectivity index (χ2v) is 7.47. The van der Waals surface area contributed by atoms with Crippen molar-refractivity contribution in [2.45, 2.75) is 123 Å². The first-order valence-electron chi connectivity index (χ1n) is 10.5. The third kappa shape index (κ3) is 38.2. The Hall–Kier alpha value is 1.58. The van der Waals surface area contributed by atoms with Gasteiger partial charge in [0.15, 0.2) is 0 Å². The fraction of sp³-hybridized carbons (Fsp3) is 0.905. The SMILES string of the molecule is CC(O)C(=O)[S-].CCCCCCCCCCCCCCCCCC(=O)[O-].[Ca+2].[Na+]. The molecular formula is C21H40CaNaO4S+. The van der Waals surface area contributed by atoms with E-state index in [1.165, 1.54) is 90.4 Å². The van der Waals surface area contributed by atoms with Crippen molar-refractivity contribution in [1.29, 1.82) is 0 Å². The van der Waals surface area contributed by atoms with Gasteiger partial charge in [0.05, 0.1) is 6.10 Å². The number of aliphatic hydroxyl groups is 1. The summed E-state index contributed by atoms with van der Waals surface area (Å²) in [5, 5.41) is 17.8. The van der Waals surface area contributed by atoms with Crippen LogP contribution in [-0.4, -0.2) is 60.0 Å². The zero-order valence-corrected chi connectivity index (χ0v) is 23.7. The summed E-state index contributed by atoms with van der Waals surface area (Å²) in [5.41, 5.74) is 0. The van der Waals surface area contributed by atoms with Gasteiger partial charge in [-0.1, -0.05) is 96.8 Å². The number of carboxylic acids is 1. The van der Waals surface area contributed by atoms with Crippen LogP contribution in [0.5, 0.6) is 0 Å². The van der Waals surface area contributed by atoms with Gasteiger partial charge >= 0.3 is 67.3 Å². The van der Waals surface area contributed by atoms with Crippen LogP contribution in [-0.2, 0) is 22.2 Å². The van der Waals surface area contributed by atoms with Crippen molar-refractivity contribution >= 4 is 61.5 Å². The first kappa shape index (κ1) is 36.9. The number of carboxylic acid groups (broad SMARTS) is 1. The van der Waals surface area contributed by atoms with Gasteiger partial charge in [-0.05, 0) is 19.8 Å². The van der Waals surface area contributed by atoms with Crippen LogP contribution < -0.4 is 34.7 Å². The smallest absolute Gasteiger partial charge is 0.739 e. The topological polar surface area (TPSA) is 77.4 Å². The Labute approximate surface area is 231 Å². The number of aliphatic hydroxyl groups excluding tert-OH is 1. The van der Waals surface area contributed by atoms with Crippen molar-refractivity contribution in [3.63, 3.8) is 0 Å². The third-order valence-corrected chi connectivity index (χ3v) is 4.67. The third-order valence-electron chi connectivity index (χ3n) is 4.33. The maximum atomic E-state index is 10.2. The van der Waals surface area contributed by atoms with Crippen molar-refractivity contribution < 1.29 is 49.4 Å². The summed E-state index contributed by atoms with van der Waals surface area (Å²) >= 11 is 4.01. The number of aliphatic carboxylic acids is 1. The predicted molar refractivity (Wildman–Crippen MR) is 114 cm³/mol. The summed E-state index contributed by atoms with van der Waals surface area (Å²) < 4.78 is 0. The summed E-state index contributed by atoms with van der Waals surface area (Å²) in [4.78, 5) is 19.9. The molecular weight excluding hydrogens is 411 g/mol. The largest absolute Gasteiger partial charge is 2.00 e. The molecule has 0 amide bonds. The van der Waals surface area contributed by atoms with E-state index < -0.39 is 17.2 Å². The molecule has 0 radical (unpaired) electrons. The molecule has 4 nitrogen and oxygen atoms in total. The Kier molecular flexibility index (Phi) is 40.6. The Morgan fingerprint density at radius 1 is 0.786 bits per heavy atom. The Morgan fingerprint density at radius 3 is 1.25 bits per heavy atom. The quantitative estimate of drug-likeness (QED) is 0.203. The van der Waals surface area contributed by atoms with Crippen molar-refractivity contribution in [1.82, 2.24) is 0 Å². The average Bonchev–Trinajstić information content (AvgIpc) is 2.58. The monoisotopic (exact) mass is 451 g/mol. The molecule has 0 spiro atoms. The van der Waals surface area contributed by atoms with E-state index in [2.05, 4.69) is 19.6 Å². The molecule has 0 aromatic heterocycles. The number of hydrogen-bond acceptors (Lipinski definition) is 5. The summed E-state index contributed by atoms with van der Waals surface area (Å²) in [7, 11) is 0. The molecule has 0 saturated heterocycles. The van der Waals surface area contributed by atoms with E-state index in [9.17, 15) is 14.7 Å². The molecule has 0 saturated carbocycles. The van der Waals surface area contributed by atoms with Crippen molar-refractivity contribution in [3.05, 3.63) is 0 Å². The number of carbonyl (C=O) groups excluding carboxylic acids is 2. The predicted octanol–water partition coefficient (Wildman–Crippen LogP) is 1.06. The van der Waals surface area contributed by atoms with Gasteiger partial charge in [-0.2, -0.15) is 0 Å². The first-order valence-corrected chi connectivity index (χ1v) is 10.9. The summed E-state index contributed by atoms with van der Waals surface area (Å²) in [6.45, 7) is 3.61. The van der Waals surface area contributed by atoms with E-state index in [0.717, 1.165) is 12.8 Å². The fourth-order valence-corrected chi connectivity index (χ4v) is 2.64. The minimum Gasteiger partial charge on any atom is -0.739 e. The van der Waals surface area contributed by atoms with Gasteiger partial charge in [0.2, 0.25) is 0 Å². The van der Waals surface area contributed by atoms with Gasteiger partial charge < -0.3 is 32.4 Å². The maximum absolute atomic E-state index is 10.2. The normalized spacial score (nSPS) is 10.7. The molecule has 28 heavy (non-hydrogen) atoms. The van der Waals surface area contributed by atoms with Gasteiger partial charge in [-0.3, -0.25) is 0 Å². The van der Waals surface area contributed by atoms with Gasteiger partial charge in [-0.15, -0.1) is 0 Å². The second-order valence-electron chi connectivity index (χ2n) is 7.07. The molecule has 7 heteroatoms. The van der Waals surface area contributed by atoms with Crippen molar-refractivity contribution in [3.8, 4) is 0 Å². The van der Waals surface area contributed by atoms with Gasteiger partial charge in [0.25, 0.3) is 0 Å². The first-order chi connectivity index (χ1) is 12.4. The van der Waals surface area contributed by atoms with E-state index in [0.29, 0.717) is 0 Å². The molecule has 0 fully saturated rings. The maximum Gasteiger partial charge on any atom is 2.00 e. The molecule has 156 valence electrons. The number of unbranched alkanes of at least 4 members (excludes halogenated alkanes) is 14. The molecule has 0 aromatic carbocycles. The zero-order chi connectivity index (χ0) is 20.0. The Balaban J connectivity index is -0.000000312. The van der Waals surface area contributed by atoms with Crippen molar-refractivity contribution in [2.75, 3.05) is 0 Å². The number of rotatable bonds is 17. The average molecular weight is 452 g/mol. The van der Waals surface area contributed by atoms with E-state index in [1.807, 2.05) is 0 Å². The van der Waals surface area contributed by atoms with E-state index in [1.54, 1.807) is 0 Å². The van der Waals surface area contributed by atoms with Gasteiger partial charge in [0, 0.05) is 11.1 Å². The molecule has 1 N–H and O–H groups in total. The second kappa shape index (κ2) is 30.8. The molecule has 0 aliphatic rings. The van der Waals surface area contributed by atoms with Crippen LogP contribution >= 0.6 is 0 Å². The fourth-order valence-electron chi connectivity index (χ4n) is 2.64. The standard InChI is InChI=1S/C18H36O2.C3H6O2S.Ca.Na/c1-2-3-4-5-6-7-8-9-10-11-12-13-14-15-16-17-18(19)20;1-2(4)3(5)6;;/h2-17H2,1H3,(H,19,20);2,4H,1H3,(H,5,6);;/q;;+2;+1/p-2. The Bertz CT molecular complexity index is 332. The zero-order valence-electron chi connectivity index (χ0n) is 18.7.